The number of nitrogens with zero attached hydrogens (tertiary/aromatic N) is 3. The molecule has 126 valence electrons. The largest absolute Gasteiger partial charge is 0.462 e. The number of anilines is 2. The summed E-state index contributed by atoms with van der Waals surface area (Å²) < 4.78 is 4.98. The fourth-order valence-corrected chi connectivity index (χ4v) is 3.42. The van der Waals surface area contributed by atoms with Crippen molar-refractivity contribution in [1.82, 2.24) is 4.98 Å². The standard InChI is InChI=1S/C17H19N3O3S/c1-3-23-15(21)13-5-7-14(8-6-13)19-9-4-10-20(17(19)22)16-18-12(2)11-24-16/h5-8,11H,3-4,9-10H2,1-2H3. The maximum Gasteiger partial charge on any atom is 0.338 e. The Kier molecular flexibility index (Phi) is 4.80. The van der Waals surface area contributed by atoms with Gasteiger partial charge in [-0.2, -0.15) is 0 Å². The fraction of sp³-hybridized carbons (Fsp3) is 0.353. The molecule has 0 N–H and O–H groups in total. The van der Waals surface area contributed by atoms with Crippen molar-refractivity contribution in [2.75, 3.05) is 29.5 Å². The van der Waals surface area contributed by atoms with E-state index in [1.54, 1.807) is 41.0 Å². The quantitative estimate of drug-likeness (QED) is 0.796. The lowest BCUT2D eigenvalue weighted by atomic mass is 10.2. The minimum atomic E-state index is -0.353. The summed E-state index contributed by atoms with van der Waals surface area (Å²) in [6.07, 6.45) is 0.865. The molecule has 0 spiro atoms. The molecule has 0 bridgehead atoms. The molecular weight excluding hydrogens is 326 g/mol. The van der Waals surface area contributed by atoms with Crippen LogP contribution >= 0.6 is 11.3 Å². The van der Waals surface area contributed by atoms with Crippen LogP contribution in [0.2, 0.25) is 0 Å². The van der Waals surface area contributed by atoms with Gasteiger partial charge in [0.2, 0.25) is 0 Å². The van der Waals surface area contributed by atoms with Gasteiger partial charge in [-0.1, -0.05) is 0 Å². The number of amides is 2. The predicted octanol–water partition coefficient (Wildman–Crippen LogP) is 3.46. The van der Waals surface area contributed by atoms with E-state index in [2.05, 4.69) is 4.98 Å². The first kappa shape index (κ1) is 16.4. The Morgan fingerprint density at radius 3 is 2.58 bits per heavy atom. The average molecular weight is 345 g/mol. The van der Waals surface area contributed by atoms with Crippen LogP contribution in [-0.4, -0.2) is 36.7 Å². The number of hydrogen-bond donors (Lipinski definition) is 0. The second kappa shape index (κ2) is 7.00. The molecule has 1 aromatic heterocycles. The highest BCUT2D eigenvalue weighted by Crippen LogP contribution is 2.27. The van der Waals surface area contributed by atoms with Gasteiger partial charge in [-0.05, 0) is 44.5 Å². The zero-order valence-electron chi connectivity index (χ0n) is 13.7. The molecule has 2 amide bonds. The molecule has 0 atom stereocenters. The van der Waals surface area contributed by atoms with E-state index in [1.165, 1.54) is 11.3 Å². The van der Waals surface area contributed by atoms with Gasteiger partial charge in [0.05, 0.1) is 17.9 Å². The highest BCUT2D eigenvalue weighted by molar-refractivity contribution is 7.14. The molecule has 6 nitrogen and oxygen atoms in total. The number of ether oxygens (including phenoxy) is 1. The van der Waals surface area contributed by atoms with Crippen LogP contribution in [-0.2, 0) is 4.74 Å². The van der Waals surface area contributed by atoms with Crippen LogP contribution in [0.5, 0.6) is 0 Å². The number of urea groups is 1. The molecule has 1 saturated heterocycles. The normalized spacial score (nSPS) is 14.8. The topological polar surface area (TPSA) is 62.7 Å². The monoisotopic (exact) mass is 345 g/mol. The van der Waals surface area contributed by atoms with Crippen LogP contribution in [0.15, 0.2) is 29.6 Å². The smallest absolute Gasteiger partial charge is 0.338 e. The molecule has 0 unspecified atom stereocenters. The summed E-state index contributed by atoms with van der Waals surface area (Å²) in [4.78, 5) is 32.3. The van der Waals surface area contributed by atoms with Crippen LogP contribution in [0.3, 0.4) is 0 Å². The van der Waals surface area contributed by atoms with E-state index < -0.39 is 0 Å². The molecule has 7 heteroatoms. The Balaban J connectivity index is 1.78. The SMILES string of the molecule is CCOC(=O)c1ccc(N2CCCN(c3nc(C)cs3)C2=O)cc1. The Morgan fingerprint density at radius 1 is 1.25 bits per heavy atom. The van der Waals surface area contributed by atoms with Gasteiger partial charge in [0.1, 0.15) is 0 Å². The molecule has 2 aromatic rings. The lowest BCUT2D eigenvalue weighted by Crippen LogP contribution is -2.49. The number of carbonyl (C=O) groups is 2. The van der Waals surface area contributed by atoms with Gasteiger partial charge in [-0.25, -0.2) is 14.6 Å². The number of esters is 1. The minimum absolute atomic E-state index is 0.0838. The van der Waals surface area contributed by atoms with E-state index in [1.807, 2.05) is 12.3 Å². The van der Waals surface area contributed by atoms with Gasteiger partial charge in [-0.3, -0.25) is 9.80 Å². The fourth-order valence-electron chi connectivity index (χ4n) is 2.60. The Labute approximate surface area is 144 Å². The lowest BCUT2D eigenvalue weighted by Gasteiger charge is -2.34. The molecule has 1 aliphatic rings. The zero-order chi connectivity index (χ0) is 17.1. The van der Waals surface area contributed by atoms with Crippen LogP contribution < -0.4 is 9.80 Å². The van der Waals surface area contributed by atoms with E-state index in [0.717, 1.165) is 22.9 Å². The Morgan fingerprint density at radius 2 is 1.96 bits per heavy atom. The third-order valence-electron chi connectivity index (χ3n) is 3.75. The molecule has 3 rings (SSSR count). The van der Waals surface area contributed by atoms with E-state index in [-0.39, 0.29) is 12.0 Å². The molecule has 24 heavy (non-hydrogen) atoms. The lowest BCUT2D eigenvalue weighted by molar-refractivity contribution is 0.0526. The molecular formula is C17H19N3O3S. The first-order valence-corrected chi connectivity index (χ1v) is 8.76. The average Bonchev–Trinajstić information content (AvgIpc) is 3.02. The summed E-state index contributed by atoms with van der Waals surface area (Å²) in [6.45, 7) is 5.35. The molecule has 0 aliphatic carbocycles. The predicted molar refractivity (Wildman–Crippen MR) is 94.0 cm³/mol. The zero-order valence-corrected chi connectivity index (χ0v) is 14.5. The Bertz CT molecular complexity index is 742. The second-order valence-corrected chi connectivity index (χ2v) is 6.31. The van der Waals surface area contributed by atoms with Gasteiger partial charge in [0, 0.05) is 24.2 Å². The Hall–Kier alpha value is -2.41. The first-order valence-electron chi connectivity index (χ1n) is 7.88. The molecule has 1 aliphatic heterocycles. The maximum absolute atomic E-state index is 12.8. The summed E-state index contributed by atoms with van der Waals surface area (Å²) >= 11 is 1.47. The molecule has 1 aromatic carbocycles. The second-order valence-electron chi connectivity index (χ2n) is 5.48. The number of benzene rings is 1. The third-order valence-corrected chi connectivity index (χ3v) is 4.73. The number of hydrogen-bond acceptors (Lipinski definition) is 5. The van der Waals surface area contributed by atoms with Crippen molar-refractivity contribution in [3.8, 4) is 0 Å². The number of aromatic nitrogens is 1. The molecule has 0 radical (unpaired) electrons. The van der Waals surface area contributed by atoms with Gasteiger partial charge >= 0.3 is 12.0 Å². The van der Waals surface area contributed by atoms with Gasteiger partial charge in [-0.15, -0.1) is 11.3 Å². The van der Waals surface area contributed by atoms with Crippen LogP contribution in [0.1, 0.15) is 29.4 Å². The van der Waals surface area contributed by atoms with Gasteiger partial charge in [0.15, 0.2) is 5.13 Å². The van der Waals surface area contributed by atoms with Crippen molar-refractivity contribution in [2.45, 2.75) is 20.3 Å². The highest BCUT2D eigenvalue weighted by Gasteiger charge is 2.29. The number of rotatable bonds is 4. The summed E-state index contributed by atoms with van der Waals surface area (Å²) in [5.74, 6) is -0.353. The van der Waals surface area contributed by atoms with Crippen molar-refractivity contribution in [3.63, 3.8) is 0 Å². The third kappa shape index (κ3) is 3.26. The van der Waals surface area contributed by atoms with E-state index in [0.29, 0.717) is 25.3 Å². The van der Waals surface area contributed by atoms with Crippen molar-refractivity contribution < 1.29 is 14.3 Å². The van der Waals surface area contributed by atoms with E-state index >= 15 is 0 Å². The van der Waals surface area contributed by atoms with Crippen molar-refractivity contribution in [2.24, 2.45) is 0 Å². The van der Waals surface area contributed by atoms with Crippen LogP contribution in [0.4, 0.5) is 15.6 Å². The number of aryl methyl sites for hydroxylation is 1. The molecule has 1 fully saturated rings. The van der Waals surface area contributed by atoms with Gasteiger partial charge in [0.25, 0.3) is 0 Å². The summed E-state index contributed by atoms with van der Waals surface area (Å²) in [5.41, 5.74) is 2.17. The number of thiazole rings is 1. The maximum atomic E-state index is 12.8. The summed E-state index contributed by atoms with van der Waals surface area (Å²) in [7, 11) is 0. The molecule has 0 saturated carbocycles. The highest BCUT2D eigenvalue weighted by atomic mass is 32.1. The van der Waals surface area contributed by atoms with Crippen molar-refractivity contribution in [1.29, 1.82) is 0 Å². The van der Waals surface area contributed by atoms with Crippen LogP contribution in [0.25, 0.3) is 0 Å². The summed E-state index contributed by atoms with van der Waals surface area (Å²) in [5, 5.41) is 2.67. The van der Waals surface area contributed by atoms with Gasteiger partial charge < -0.3 is 4.74 Å². The van der Waals surface area contributed by atoms with Crippen molar-refractivity contribution >= 4 is 34.2 Å². The number of carbonyl (C=O) groups excluding carboxylic acids is 2. The molecule has 2 heterocycles. The van der Waals surface area contributed by atoms with Crippen molar-refractivity contribution in [3.05, 3.63) is 40.9 Å². The summed E-state index contributed by atoms with van der Waals surface area (Å²) in [6, 6.07) is 6.85. The van der Waals surface area contributed by atoms with E-state index in [4.69, 9.17) is 4.74 Å². The van der Waals surface area contributed by atoms with Crippen LogP contribution in [0, 0.1) is 6.92 Å². The first-order chi connectivity index (χ1) is 11.6. The van der Waals surface area contributed by atoms with E-state index in [9.17, 15) is 9.59 Å². The minimum Gasteiger partial charge on any atom is -0.462 e.